The maximum atomic E-state index is 12.0. The highest BCUT2D eigenvalue weighted by Gasteiger charge is 2.17. The van der Waals surface area contributed by atoms with Crippen LogP contribution >= 0.6 is 0 Å². The summed E-state index contributed by atoms with van der Waals surface area (Å²) < 4.78 is 4.95. The summed E-state index contributed by atoms with van der Waals surface area (Å²) >= 11 is 0. The van der Waals surface area contributed by atoms with Gasteiger partial charge in [0.2, 0.25) is 0 Å². The minimum absolute atomic E-state index is 0.0158. The molecule has 1 amide bonds. The van der Waals surface area contributed by atoms with Crippen molar-refractivity contribution in [1.29, 1.82) is 0 Å². The lowest BCUT2D eigenvalue weighted by atomic mass is 10.1. The molecule has 2 N–H and O–H groups in total. The summed E-state index contributed by atoms with van der Waals surface area (Å²) in [6, 6.07) is 6.98. The summed E-state index contributed by atoms with van der Waals surface area (Å²) in [6.45, 7) is 3.40. The van der Waals surface area contributed by atoms with Crippen molar-refractivity contribution in [3.8, 4) is 0 Å². The molecule has 1 aromatic heterocycles. The molecule has 1 heterocycles. The lowest BCUT2D eigenvalue weighted by Crippen LogP contribution is -2.13. The number of hydrogen-bond donors (Lipinski definition) is 2. The van der Waals surface area contributed by atoms with Gasteiger partial charge in [0.05, 0.1) is 12.3 Å². The van der Waals surface area contributed by atoms with Crippen LogP contribution in [0.5, 0.6) is 0 Å². The summed E-state index contributed by atoms with van der Waals surface area (Å²) in [4.78, 5) is 12.0. The number of rotatable bonds is 3. The zero-order chi connectivity index (χ0) is 13.1. The maximum Gasteiger partial charge on any atom is 0.261 e. The molecule has 0 saturated heterocycles. The van der Waals surface area contributed by atoms with Gasteiger partial charge in [0, 0.05) is 5.69 Å². The second kappa shape index (κ2) is 5.01. The number of aromatic nitrogens is 1. The molecule has 0 saturated carbocycles. The zero-order valence-electron chi connectivity index (χ0n) is 10.2. The minimum Gasteiger partial charge on any atom is -0.392 e. The van der Waals surface area contributed by atoms with Crippen LogP contribution in [0.1, 0.15) is 27.4 Å². The van der Waals surface area contributed by atoms with E-state index in [0.29, 0.717) is 22.7 Å². The van der Waals surface area contributed by atoms with Gasteiger partial charge >= 0.3 is 0 Å². The molecule has 0 bridgehead atoms. The van der Waals surface area contributed by atoms with Crippen LogP contribution < -0.4 is 5.32 Å². The number of carbonyl (C=O) groups is 1. The largest absolute Gasteiger partial charge is 0.392 e. The van der Waals surface area contributed by atoms with Gasteiger partial charge < -0.3 is 14.9 Å². The Labute approximate surface area is 104 Å². The van der Waals surface area contributed by atoms with E-state index in [1.807, 2.05) is 0 Å². The minimum atomic E-state index is -0.247. The van der Waals surface area contributed by atoms with E-state index in [9.17, 15) is 4.79 Å². The van der Waals surface area contributed by atoms with Gasteiger partial charge in [-0.05, 0) is 31.5 Å². The summed E-state index contributed by atoms with van der Waals surface area (Å²) in [7, 11) is 0. The highest BCUT2D eigenvalue weighted by molar-refractivity contribution is 6.05. The molecule has 0 aliphatic rings. The lowest BCUT2D eigenvalue weighted by molar-refractivity contribution is 0.102. The standard InChI is InChI=1S/C13H14N2O3/c1-8-12(9(2)18-15-8)13(17)14-11-5-3-10(7-16)4-6-11/h3-6,16H,7H2,1-2H3,(H,14,17). The number of aryl methyl sites for hydroxylation is 2. The maximum absolute atomic E-state index is 12.0. The Hall–Kier alpha value is -2.14. The summed E-state index contributed by atoms with van der Waals surface area (Å²) in [6.07, 6.45) is 0. The Balaban J connectivity index is 2.16. The van der Waals surface area contributed by atoms with E-state index in [1.165, 1.54) is 0 Å². The van der Waals surface area contributed by atoms with E-state index in [4.69, 9.17) is 9.63 Å². The van der Waals surface area contributed by atoms with Crippen molar-refractivity contribution in [1.82, 2.24) is 5.16 Å². The van der Waals surface area contributed by atoms with Gasteiger partial charge in [0.25, 0.3) is 5.91 Å². The molecule has 0 aliphatic heterocycles. The molecule has 18 heavy (non-hydrogen) atoms. The van der Waals surface area contributed by atoms with E-state index in [0.717, 1.165) is 5.56 Å². The number of hydrogen-bond acceptors (Lipinski definition) is 4. The summed E-state index contributed by atoms with van der Waals surface area (Å²) in [5, 5.41) is 15.4. The fraction of sp³-hybridized carbons (Fsp3) is 0.231. The van der Waals surface area contributed by atoms with Crippen molar-refractivity contribution in [3.63, 3.8) is 0 Å². The van der Waals surface area contributed by atoms with E-state index in [2.05, 4.69) is 10.5 Å². The van der Waals surface area contributed by atoms with Gasteiger partial charge in [-0.25, -0.2) is 0 Å². The number of aliphatic hydroxyl groups is 1. The topological polar surface area (TPSA) is 75.4 Å². The number of carbonyl (C=O) groups excluding carboxylic acids is 1. The number of benzene rings is 1. The molecular formula is C13H14N2O3. The normalized spacial score (nSPS) is 10.4. The molecule has 0 unspecified atom stereocenters. The average Bonchev–Trinajstić information content (AvgIpc) is 2.70. The van der Waals surface area contributed by atoms with Gasteiger partial charge in [-0.15, -0.1) is 0 Å². The van der Waals surface area contributed by atoms with Crippen molar-refractivity contribution >= 4 is 11.6 Å². The Morgan fingerprint density at radius 1 is 1.33 bits per heavy atom. The Bertz CT molecular complexity index is 539. The molecule has 5 nitrogen and oxygen atoms in total. The van der Waals surface area contributed by atoms with Gasteiger partial charge in [-0.2, -0.15) is 0 Å². The van der Waals surface area contributed by atoms with Crippen LogP contribution in [-0.4, -0.2) is 16.2 Å². The fourth-order valence-electron chi connectivity index (χ4n) is 1.69. The van der Waals surface area contributed by atoms with Crippen LogP contribution in [0.15, 0.2) is 28.8 Å². The van der Waals surface area contributed by atoms with E-state index in [-0.39, 0.29) is 12.5 Å². The van der Waals surface area contributed by atoms with Crippen LogP contribution in [0.25, 0.3) is 0 Å². The molecular weight excluding hydrogens is 232 g/mol. The van der Waals surface area contributed by atoms with Crippen LogP contribution in [0.4, 0.5) is 5.69 Å². The monoisotopic (exact) mass is 246 g/mol. The second-order valence-corrected chi connectivity index (χ2v) is 4.01. The first-order chi connectivity index (χ1) is 8.61. The van der Waals surface area contributed by atoms with Crippen LogP contribution in [-0.2, 0) is 6.61 Å². The van der Waals surface area contributed by atoms with Gasteiger partial charge in [-0.1, -0.05) is 17.3 Å². The number of nitrogens with one attached hydrogen (secondary N) is 1. The Morgan fingerprint density at radius 2 is 2.00 bits per heavy atom. The third kappa shape index (κ3) is 2.41. The fourth-order valence-corrected chi connectivity index (χ4v) is 1.69. The molecule has 94 valence electrons. The molecule has 0 aliphatic carbocycles. The summed E-state index contributed by atoms with van der Waals surface area (Å²) in [5.74, 6) is 0.250. The zero-order valence-corrected chi connectivity index (χ0v) is 10.2. The second-order valence-electron chi connectivity index (χ2n) is 4.01. The van der Waals surface area contributed by atoms with Crippen molar-refractivity contribution < 1.29 is 14.4 Å². The number of aliphatic hydroxyl groups excluding tert-OH is 1. The predicted molar refractivity (Wildman–Crippen MR) is 66.3 cm³/mol. The highest BCUT2D eigenvalue weighted by atomic mass is 16.5. The quantitative estimate of drug-likeness (QED) is 0.869. The van der Waals surface area contributed by atoms with Gasteiger partial charge in [0.1, 0.15) is 11.3 Å². The SMILES string of the molecule is Cc1noc(C)c1C(=O)Nc1ccc(CO)cc1. The van der Waals surface area contributed by atoms with E-state index >= 15 is 0 Å². The summed E-state index contributed by atoms with van der Waals surface area (Å²) in [5.41, 5.74) is 2.49. The molecule has 1 aromatic carbocycles. The van der Waals surface area contributed by atoms with Crippen molar-refractivity contribution in [2.24, 2.45) is 0 Å². The van der Waals surface area contributed by atoms with Crippen molar-refractivity contribution in [2.45, 2.75) is 20.5 Å². The molecule has 2 aromatic rings. The average molecular weight is 246 g/mol. The van der Waals surface area contributed by atoms with Crippen molar-refractivity contribution in [2.75, 3.05) is 5.32 Å². The number of nitrogens with zero attached hydrogens (tertiary/aromatic N) is 1. The number of anilines is 1. The molecule has 0 fully saturated rings. The van der Waals surface area contributed by atoms with Crippen LogP contribution in [0, 0.1) is 13.8 Å². The third-order valence-corrected chi connectivity index (χ3v) is 2.65. The first-order valence-electron chi connectivity index (χ1n) is 5.56. The van der Waals surface area contributed by atoms with E-state index in [1.54, 1.807) is 38.1 Å². The lowest BCUT2D eigenvalue weighted by Gasteiger charge is -2.05. The third-order valence-electron chi connectivity index (χ3n) is 2.65. The molecule has 5 heteroatoms. The van der Waals surface area contributed by atoms with Crippen LogP contribution in [0.3, 0.4) is 0 Å². The Morgan fingerprint density at radius 3 is 2.50 bits per heavy atom. The van der Waals surface area contributed by atoms with Gasteiger partial charge in [-0.3, -0.25) is 4.79 Å². The van der Waals surface area contributed by atoms with Gasteiger partial charge in [0.15, 0.2) is 0 Å². The highest BCUT2D eigenvalue weighted by Crippen LogP contribution is 2.16. The van der Waals surface area contributed by atoms with Crippen LogP contribution in [0.2, 0.25) is 0 Å². The molecule has 0 spiro atoms. The molecule has 0 radical (unpaired) electrons. The predicted octanol–water partition coefficient (Wildman–Crippen LogP) is 2.04. The molecule has 0 atom stereocenters. The number of amides is 1. The first-order valence-corrected chi connectivity index (χ1v) is 5.56. The van der Waals surface area contributed by atoms with Crippen molar-refractivity contribution in [3.05, 3.63) is 46.8 Å². The Kier molecular flexibility index (Phi) is 3.43. The van der Waals surface area contributed by atoms with E-state index < -0.39 is 0 Å². The molecule has 2 rings (SSSR count). The smallest absolute Gasteiger partial charge is 0.261 e. The first kappa shape index (κ1) is 12.3.